The van der Waals surface area contributed by atoms with Gasteiger partial charge in [-0.25, -0.2) is 8.42 Å². The topological polar surface area (TPSA) is 81.4 Å². The smallest absolute Gasteiger partial charge is 0.236 e. The number of rotatable bonds is 5. The molecule has 0 aliphatic carbocycles. The van der Waals surface area contributed by atoms with Gasteiger partial charge >= 0.3 is 0 Å². The van der Waals surface area contributed by atoms with Crippen molar-refractivity contribution in [3.63, 3.8) is 0 Å². The number of ether oxygens (including phenoxy) is 1. The van der Waals surface area contributed by atoms with Crippen molar-refractivity contribution in [3.8, 4) is 5.75 Å². The molecule has 0 radical (unpaired) electrons. The number of nitrogens with two attached hydrogens (primary N) is 1. The summed E-state index contributed by atoms with van der Waals surface area (Å²) in [5.74, 6) is 0.195. The molecule has 0 fully saturated rings. The Balaban J connectivity index is 2.20. The minimum Gasteiger partial charge on any atom is -0.495 e. The third kappa shape index (κ3) is 4.03. The molecule has 2 rings (SSSR count). The fourth-order valence-electron chi connectivity index (χ4n) is 1.81. The normalized spacial score (nSPS) is 11.1. The van der Waals surface area contributed by atoms with E-state index in [0.717, 1.165) is 0 Å². The summed E-state index contributed by atoms with van der Waals surface area (Å²) in [6.07, 6.45) is 0. The number of nitrogens with one attached hydrogen (secondary N) is 1. The molecule has 3 N–H and O–H groups in total. The monoisotopic (exact) mass is 326 g/mol. The van der Waals surface area contributed by atoms with Gasteiger partial charge in [0.2, 0.25) is 10.0 Å². The van der Waals surface area contributed by atoms with Crippen molar-refractivity contribution >= 4 is 33.0 Å². The SMILES string of the molecule is COc1cc(NS(=O)(=O)Cc2ccccc2N)ccc1Cl. The second-order valence-electron chi connectivity index (χ2n) is 4.41. The first-order valence-electron chi connectivity index (χ1n) is 6.09. The van der Waals surface area contributed by atoms with E-state index in [4.69, 9.17) is 22.1 Å². The summed E-state index contributed by atoms with van der Waals surface area (Å²) in [5.41, 5.74) is 7.13. The van der Waals surface area contributed by atoms with E-state index in [-0.39, 0.29) is 5.75 Å². The maximum atomic E-state index is 12.2. The van der Waals surface area contributed by atoms with E-state index in [9.17, 15) is 8.42 Å². The summed E-state index contributed by atoms with van der Waals surface area (Å²) < 4.78 is 31.9. The molecule has 0 saturated heterocycles. The Kier molecular flexibility index (Phi) is 4.59. The molecule has 0 saturated carbocycles. The van der Waals surface area contributed by atoms with Crippen LogP contribution in [-0.2, 0) is 15.8 Å². The van der Waals surface area contributed by atoms with Crippen LogP contribution in [-0.4, -0.2) is 15.5 Å². The summed E-state index contributed by atoms with van der Waals surface area (Å²) in [7, 11) is -2.11. The minimum atomic E-state index is -3.58. The molecule has 0 unspecified atom stereocenters. The molecule has 0 aliphatic heterocycles. The highest BCUT2D eigenvalue weighted by Crippen LogP contribution is 2.28. The van der Waals surface area contributed by atoms with Crippen molar-refractivity contribution in [3.05, 3.63) is 53.1 Å². The number of para-hydroxylation sites is 1. The van der Waals surface area contributed by atoms with Gasteiger partial charge in [-0.05, 0) is 23.8 Å². The van der Waals surface area contributed by atoms with E-state index in [1.54, 1.807) is 36.4 Å². The lowest BCUT2D eigenvalue weighted by Crippen LogP contribution is -2.16. The Hall–Kier alpha value is -1.92. The van der Waals surface area contributed by atoms with Crippen LogP contribution in [0.25, 0.3) is 0 Å². The fourth-order valence-corrected chi connectivity index (χ4v) is 3.23. The summed E-state index contributed by atoms with van der Waals surface area (Å²) >= 11 is 5.90. The number of hydrogen-bond donors (Lipinski definition) is 2. The fraction of sp³-hybridized carbons (Fsp3) is 0.143. The lowest BCUT2D eigenvalue weighted by molar-refractivity contribution is 0.415. The maximum Gasteiger partial charge on any atom is 0.236 e. The number of sulfonamides is 1. The first kappa shape index (κ1) is 15.5. The van der Waals surface area contributed by atoms with E-state index >= 15 is 0 Å². The van der Waals surface area contributed by atoms with Gasteiger partial charge in [0.05, 0.1) is 23.6 Å². The van der Waals surface area contributed by atoms with Crippen LogP contribution in [0.1, 0.15) is 5.56 Å². The van der Waals surface area contributed by atoms with Gasteiger partial charge in [0.15, 0.2) is 0 Å². The van der Waals surface area contributed by atoms with Crippen LogP contribution in [0.4, 0.5) is 11.4 Å². The number of methoxy groups -OCH3 is 1. The summed E-state index contributed by atoms with van der Waals surface area (Å²) in [6.45, 7) is 0. The highest BCUT2D eigenvalue weighted by atomic mass is 35.5. The molecule has 0 spiro atoms. The van der Waals surface area contributed by atoms with E-state index in [2.05, 4.69) is 4.72 Å². The van der Waals surface area contributed by atoms with Crippen molar-refractivity contribution < 1.29 is 13.2 Å². The van der Waals surface area contributed by atoms with Gasteiger partial charge in [0, 0.05) is 11.8 Å². The quantitative estimate of drug-likeness (QED) is 0.828. The third-order valence-corrected chi connectivity index (χ3v) is 4.38. The van der Waals surface area contributed by atoms with E-state index in [0.29, 0.717) is 27.7 Å². The molecule has 0 aliphatic rings. The maximum absolute atomic E-state index is 12.2. The predicted molar refractivity (Wildman–Crippen MR) is 85.1 cm³/mol. The third-order valence-electron chi connectivity index (χ3n) is 2.83. The molecule has 0 heterocycles. The average molecular weight is 327 g/mol. The van der Waals surface area contributed by atoms with Crippen molar-refractivity contribution in [1.82, 2.24) is 0 Å². The van der Waals surface area contributed by atoms with Crippen LogP contribution < -0.4 is 15.2 Å². The molecule has 5 nitrogen and oxygen atoms in total. The number of nitrogen functional groups attached to an aromatic ring is 1. The van der Waals surface area contributed by atoms with Crippen LogP contribution in [0.5, 0.6) is 5.75 Å². The zero-order valence-corrected chi connectivity index (χ0v) is 12.9. The van der Waals surface area contributed by atoms with Gasteiger partial charge in [-0.2, -0.15) is 0 Å². The molecule has 2 aromatic rings. The number of anilines is 2. The van der Waals surface area contributed by atoms with Gasteiger partial charge < -0.3 is 10.5 Å². The Morgan fingerprint density at radius 3 is 2.62 bits per heavy atom. The van der Waals surface area contributed by atoms with Crippen molar-refractivity contribution in [2.24, 2.45) is 0 Å². The largest absolute Gasteiger partial charge is 0.495 e. The molecule has 7 heteroatoms. The Morgan fingerprint density at radius 1 is 1.24 bits per heavy atom. The molecule has 21 heavy (non-hydrogen) atoms. The first-order chi connectivity index (χ1) is 9.91. The zero-order valence-electron chi connectivity index (χ0n) is 11.3. The Labute approximate surface area is 128 Å². The van der Waals surface area contributed by atoms with Crippen molar-refractivity contribution in [2.45, 2.75) is 5.75 Å². The molecule has 2 aromatic carbocycles. The number of hydrogen-bond acceptors (Lipinski definition) is 4. The van der Waals surface area contributed by atoms with E-state index < -0.39 is 10.0 Å². The Morgan fingerprint density at radius 2 is 1.95 bits per heavy atom. The van der Waals surface area contributed by atoms with Crippen LogP contribution in [0.2, 0.25) is 5.02 Å². The molecular weight excluding hydrogens is 312 g/mol. The molecule has 0 aromatic heterocycles. The number of halogens is 1. The van der Waals surface area contributed by atoms with Crippen LogP contribution in [0.3, 0.4) is 0 Å². The van der Waals surface area contributed by atoms with Crippen LogP contribution >= 0.6 is 11.6 Å². The summed E-state index contributed by atoms with van der Waals surface area (Å²) in [6, 6.07) is 11.5. The highest BCUT2D eigenvalue weighted by Gasteiger charge is 2.14. The van der Waals surface area contributed by atoms with Crippen LogP contribution in [0.15, 0.2) is 42.5 Å². The molecule has 0 bridgehead atoms. The minimum absolute atomic E-state index is 0.204. The first-order valence-corrected chi connectivity index (χ1v) is 8.12. The predicted octanol–water partition coefficient (Wildman–Crippen LogP) is 2.87. The van der Waals surface area contributed by atoms with Gasteiger partial charge in [-0.1, -0.05) is 29.8 Å². The number of benzene rings is 2. The summed E-state index contributed by atoms with van der Waals surface area (Å²) in [5, 5.41) is 0.410. The molecule has 112 valence electrons. The lowest BCUT2D eigenvalue weighted by Gasteiger charge is -2.11. The molecule has 0 atom stereocenters. The lowest BCUT2D eigenvalue weighted by atomic mass is 10.2. The standard InChI is InChI=1S/C14H15ClN2O3S/c1-20-14-8-11(6-7-12(14)15)17-21(18,19)9-10-4-2-3-5-13(10)16/h2-8,17H,9,16H2,1H3. The van der Waals surface area contributed by atoms with Gasteiger partial charge in [-0.15, -0.1) is 0 Å². The average Bonchev–Trinajstić information content (AvgIpc) is 2.43. The molecule has 0 amide bonds. The van der Waals surface area contributed by atoms with Gasteiger partial charge in [0.1, 0.15) is 5.75 Å². The zero-order chi connectivity index (χ0) is 15.5. The Bertz CT molecular complexity index is 748. The van der Waals surface area contributed by atoms with Crippen molar-refractivity contribution in [2.75, 3.05) is 17.6 Å². The second kappa shape index (κ2) is 6.24. The van der Waals surface area contributed by atoms with E-state index in [1.807, 2.05) is 0 Å². The summed E-state index contributed by atoms with van der Waals surface area (Å²) in [4.78, 5) is 0. The van der Waals surface area contributed by atoms with Gasteiger partial charge in [0.25, 0.3) is 0 Å². The van der Waals surface area contributed by atoms with Crippen molar-refractivity contribution in [1.29, 1.82) is 0 Å². The highest BCUT2D eigenvalue weighted by molar-refractivity contribution is 7.91. The van der Waals surface area contributed by atoms with Crippen LogP contribution in [0, 0.1) is 0 Å². The second-order valence-corrected chi connectivity index (χ2v) is 6.54. The van der Waals surface area contributed by atoms with Gasteiger partial charge in [-0.3, -0.25) is 4.72 Å². The van der Waals surface area contributed by atoms with E-state index in [1.165, 1.54) is 13.2 Å². The molecular formula is C14H15ClN2O3S.